The number of hydrazine groups is 1. The molecule has 4 rings (SSSR count). The van der Waals surface area contributed by atoms with Gasteiger partial charge in [0.2, 0.25) is 0 Å². The van der Waals surface area contributed by atoms with Crippen LogP contribution in [0.4, 0.5) is 5.69 Å². The van der Waals surface area contributed by atoms with Crippen molar-refractivity contribution in [2.75, 3.05) is 24.8 Å². The quantitative estimate of drug-likeness (QED) is 0.279. The van der Waals surface area contributed by atoms with Gasteiger partial charge in [-0.05, 0) is 79.9 Å². The van der Waals surface area contributed by atoms with Gasteiger partial charge < -0.3 is 14.2 Å². The maximum atomic E-state index is 12.8. The zero-order valence-corrected chi connectivity index (χ0v) is 20.0. The number of carbonyl (C=O) groups is 2. The fourth-order valence-electron chi connectivity index (χ4n) is 3.60. The number of amides is 2. The van der Waals surface area contributed by atoms with Gasteiger partial charge in [0.1, 0.15) is 24.5 Å². The summed E-state index contributed by atoms with van der Waals surface area (Å²) in [5.41, 5.74) is 6.29. The molecule has 35 heavy (non-hydrogen) atoms. The van der Waals surface area contributed by atoms with E-state index in [1.54, 1.807) is 48.5 Å². The molecule has 2 amide bonds. The number of aryl methyl sites for hydroxylation is 2. The molecule has 0 bridgehead atoms. The summed E-state index contributed by atoms with van der Waals surface area (Å²) in [5, 5.41) is 1.24. The van der Waals surface area contributed by atoms with Crippen LogP contribution in [0.2, 0.25) is 0 Å². The van der Waals surface area contributed by atoms with E-state index in [0.717, 1.165) is 5.75 Å². The average molecular weight is 473 g/mol. The van der Waals surface area contributed by atoms with Crippen LogP contribution in [0.5, 0.6) is 17.2 Å². The van der Waals surface area contributed by atoms with Crippen LogP contribution < -0.4 is 24.6 Å². The molecule has 1 fully saturated rings. The Balaban J connectivity index is 1.44. The number of hydrogen-bond donors (Lipinski definition) is 1. The van der Waals surface area contributed by atoms with E-state index in [0.29, 0.717) is 42.6 Å². The second-order valence-corrected chi connectivity index (χ2v) is 8.06. The number of ether oxygens (including phenoxy) is 3. The van der Waals surface area contributed by atoms with Crippen molar-refractivity contribution < 1.29 is 23.8 Å². The van der Waals surface area contributed by atoms with Gasteiger partial charge in [-0.1, -0.05) is 30.3 Å². The molecule has 3 aromatic carbocycles. The first kappa shape index (κ1) is 23.9. The predicted octanol–water partition coefficient (Wildman–Crippen LogP) is 4.62. The van der Waals surface area contributed by atoms with Crippen molar-refractivity contribution in [3.05, 3.63) is 89.0 Å². The van der Waals surface area contributed by atoms with E-state index in [9.17, 15) is 9.59 Å². The second kappa shape index (κ2) is 10.8. The van der Waals surface area contributed by atoms with Crippen LogP contribution in [0.1, 0.15) is 23.6 Å². The van der Waals surface area contributed by atoms with Gasteiger partial charge in [0.15, 0.2) is 11.5 Å². The SMILES string of the molecule is CCOc1cc(C=C2C(=O)NN(c3ccccc3)C2=O)ccc1OCCOc1ccc(C)c(C)c1. The third-order valence-corrected chi connectivity index (χ3v) is 5.57. The smallest absolute Gasteiger partial charge is 0.282 e. The molecular formula is C28H28N2O5. The molecule has 0 saturated carbocycles. The van der Waals surface area contributed by atoms with E-state index in [2.05, 4.69) is 12.3 Å². The van der Waals surface area contributed by atoms with Crippen LogP contribution in [-0.4, -0.2) is 31.6 Å². The lowest BCUT2D eigenvalue weighted by atomic mass is 10.1. The zero-order chi connectivity index (χ0) is 24.8. The first-order valence-corrected chi connectivity index (χ1v) is 11.5. The van der Waals surface area contributed by atoms with Gasteiger partial charge in [0.25, 0.3) is 11.8 Å². The summed E-state index contributed by atoms with van der Waals surface area (Å²) in [4.78, 5) is 25.3. The Morgan fingerprint density at radius 1 is 0.829 bits per heavy atom. The standard InChI is InChI=1S/C28H28N2O5/c1-4-33-26-18-21(17-24-27(31)29-30(28(24)32)22-8-6-5-7-9-22)11-13-25(26)35-15-14-34-23-12-10-19(2)20(3)16-23/h5-13,16-18H,4,14-15H2,1-3H3,(H,29,31). The van der Waals surface area contributed by atoms with Gasteiger partial charge in [-0.25, -0.2) is 5.01 Å². The van der Waals surface area contributed by atoms with E-state index < -0.39 is 11.8 Å². The number of hydrogen-bond acceptors (Lipinski definition) is 5. The summed E-state index contributed by atoms with van der Waals surface area (Å²) in [7, 11) is 0. The van der Waals surface area contributed by atoms with E-state index in [-0.39, 0.29) is 5.57 Å². The number of carbonyl (C=O) groups excluding carboxylic acids is 2. The summed E-state index contributed by atoms with van der Waals surface area (Å²) in [6.45, 7) is 7.14. The summed E-state index contributed by atoms with van der Waals surface area (Å²) in [5.74, 6) is 1.01. The summed E-state index contributed by atoms with van der Waals surface area (Å²) in [6.07, 6.45) is 1.55. The van der Waals surface area contributed by atoms with Crippen LogP contribution in [0.15, 0.2) is 72.3 Å². The largest absolute Gasteiger partial charge is 0.490 e. The maximum Gasteiger partial charge on any atom is 0.282 e. The number of nitrogens with zero attached hydrogens (tertiary/aromatic N) is 1. The molecule has 0 atom stereocenters. The van der Waals surface area contributed by atoms with Gasteiger partial charge in [-0.2, -0.15) is 0 Å². The molecule has 0 unspecified atom stereocenters. The predicted molar refractivity (Wildman–Crippen MR) is 135 cm³/mol. The monoisotopic (exact) mass is 472 g/mol. The fourth-order valence-corrected chi connectivity index (χ4v) is 3.60. The van der Waals surface area contributed by atoms with Crippen molar-refractivity contribution in [1.29, 1.82) is 0 Å². The van der Waals surface area contributed by atoms with Gasteiger partial charge in [0, 0.05) is 0 Å². The van der Waals surface area contributed by atoms with Crippen molar-refractivity contribution in [1.82, 2.24) is 5.43 Å². The van der Waals surface area contributed by atoms with Gasteiger partial charge in [-0.15, -0.1) is 0 Å². The number of nitrogens with one attached hydrogen (secondary N) is 1. The molecule has 0 spiro atoms. The molecule has 0 aromatic heterocycles. The topological polar surface area (TPSA) is 77.1 Å². The molecule has 0 radical (unpaired) electrons. The zero-order valence-electron chi connectivity index (χ0n) is 20.0. The lowest BCUT2D eigenvalue weighted by molar-refractivity contribution is -0.117. The molecule has 1 N–H and O–H groups in total. The van der Waals surface area contributed by atoms with E-state index in [1.165, 1.54) is 16.1 Å². The maximum absolute atomic E-state index is 12.8. The first-order chi connectivity index (χ1) is 17.0. The number of benzene rings is 3. The molecule has 180 valence electrons. The highest BCUT2D eigenvalue weighted by molar-refractivity contribution is 6.31. The van der Waals surface area contributed by atoms with Crippen molar-refractivity contribution in [3.8, 4) is 17.2 Å². The highest BCUT2D eigenvalue weighted by Gasteiger charge is 2.34. The molecule has 7 heteroatoms. The van der Waals surface area contributed by atoms with E-state index >= 15 is 0 Å². The molecule has 1 aliphatic heterocycles. The second-order valence-electron chi connectivity index (χ2n) is 8.06. The van der Waals surface area contributed by atoms with Crippen LogP contribution in [0, 0.1) is 13.8 Å². The average Bonchev–Trinajstić information content (AvgIpc) is 3.14. The highest BCUT2D eigenvalue weighted by atomic mass is 16.5. The Hall–Kier alpha value is -4.26. The summed E-state index contributed by atoms with van der Waals surface area (Å²) < 4.78 is 17.4. The first-order valence-electron chi connectivity index (χ1n) is 11.5. The Kier molecular flexibility index (Phi) is 7.35. The molecule has 1 heterocycles. The van der Waals surface area contributed by atoms with Crippen LogP contribution in [0.3, 0.4) is 0 Å². The number of anilines is 1. The van der Waals surface area contributed by atoms with Crippen molar-refractivity contribution in [2.45, 2.75) is 20.8 Å². The third kappa shape index (κ3) is 5.63. The van der Waals surface area contributed by atoms with Crippen LogP contribution in [0.25, 0.3) is 6.08 Å². The van der Waals surface area contributed by atoms with Crippen molar-refractivity contribution >= 4 is 23.6 Å². The minimum atomic E-state index is -0.458. The van der Waals surface area contributed by atoms with Crippen molar-refractivity contribution in [2.24, 2.45) is 0 Å². The lowest BCUT2D eigenvalue weighted by Gasteiger charge is -2.14. The highest BCUT2D eigenvalue weighted by Crippen LogP contribution is 2.30. The molecule has 3 aromatic rings. The van der Waals surface area contributed by atoms with Crippen LogP contribution >= 0.6 is 0 Å². The Labute approximate surface area is 204 Å². The molecule has 1 aliphatic rings. The summed E-state index contributed by atoms with van der Waals surface area (Å²) >= 11 is 0. The van der Waals surface area contributed by atoms with Gasteiger partial charge >= 0.3 is 0 Å². The van der Waals surface area contributed by atoms with Crippen LogP contribution in [-0.2, 0) is 9.59 Å². The third-order valence-electron chi connectivity index (χ3n) is 5.57. The van der Waals surface area contributed by atoms with Gasteiger partial charge in [0.05, 0.1) is 12.3 Å². The van der Waals surface area contributed by atoms with Gasteiger partial charge in [-0.3, -0.25) is 15.0 Å². The molecule has 7 nitrogen and oxygen atoms in total. The number of rotatable bonds is 9. The minimum absolute atomic E-state index is 0.0479. The minimum Gasteiger partial charge on any atom is -0.490 e. The molecular weight excluding hydrogens is 444 g/mol. The molecule has 1 saturated heterocycles. The fraction of sp³-hybridized carbons (Fsp3) is 0.214. The van der Waals surface area contributed by atoms with E-state index in [1.807, 2.05) is 38.1 Å². The molecule has 0 aliphatic carbocycles. The summed E-state index contributed by atoms with van der Waals surface area (Å²) in [6, 6.07) is 20.2. The number of para-hydroxylation sites is 1. The Bertz CT molecular complexity index is 1250. The van der Waals surface area contributed by atoms with E-state index in [4.69, 9.17) is 14.2 Å². The Morgan fingerprint density at radius 2 is 1.60 bits per heavy atom. The van der Waals surface area contributed by atoms with Crippen molar-refractivity contribution in [3.63, 3.8) is 0 Å². The lowest BCUT2D eigenvalue weighted by Crippen LogP contribution is -2.35. The Morgan fingerprint density at radius 3 is 2.34 bits per heavy atom. The normalized spacial score (nSPS) is 14.3.